The van der Waals surface area contributed by atoms with Crippen molar-refractivity contribution in [1.82, 2.24) is 9.88 Å². The van der Waals surface area contributed by atoms with Crippen molar-refractivity contribution >= 4 is 33.4 Å². The second-order valence-corrected chi connectivity index (χ2v) is 8.29. The average molecular weight is 480 g/mol. The number of carbonyl (C=O) groups is 2. The lowest BCUT2D eigenvalue weighted by Crippen LogP contribution is -2.40. The minimum Gasteiger partial charge on any atom is -0.439 e. The molecule has 2 amide bonds. The summed E-state index contributed by atoms with van der Waals surface area (Å²) in [6.07, 6.45) is 2.55. The van der Waals surface area contributed by atoms with Crippen molar-refractivity contribution < 1.29 is 14.3 Å². The Bertz CT molecular complexity index is 1100. The first-order chi connectivity index (χ1) is 15.0. The number of anilines is 1. The predicted octanol–water partition coefficient (Wildman–Crippen LogP) is 5.11. The normalized spacial score (nSPS) is 15.2. The molecule has 158 valence electrons. The number of fused-ring (bicyclic) bond motifs is 1. The molecule has 1 atom stereocenters. The zero-order valence-corrected chi connectivity index (χ0v) is 18.6. The summed E-state index contributed by atoms with van der Waals surface area (Å²) in [6, 6.07) is 18.6. The summed E-state index contributed by atoms with van der Waals surface area (Å²) < 4.78 is 6.64. The molecule has 1 aliphatic rings. The van der Waals surface area contributed by atoms with Crippen LogP contribution in [-0.4, -0.2) is 28.2 Å². The van der Waals surface area contributed by atoms with Crippen LogP contribution in [0.3, 0.4) is 0 Å². The largest absolute Gasteiger partial charge is 0.439 e. The van der Waals surface area contributed by atoms with E-state index >= 15 is 0 Å². The van der Waals surface area contributed by atoms with Gasteiger partial charge in [0, 0.05) is 24.0 Å². The molecule has 31 heavy (non-hydrogen) atoms. The molecule has 0 spiro atoms. The molecule has 6 nitrogen and oxygen atoms in total. The summed E-state index contributed by atoms with van der Waals surface area (Å²) in [4.78, 5) is 30.9. The molecule has 0 radical (unpaired) electrons. The van der Waals surface area contributed by atoms with E-state index in [0.29, 0.717) is 23.9 Å². The van der Waals surface area contributed by atoms with E-state index in [1.807, 2.05) is 42.5 Å². The molecule has 0 bridgehead atoms. The van der Waals surface area contributed by atoms with E-state index in [4.69, 9.17) is 4.74 Å². The molecule has 2 heterocycles. The topological polar surface area (TPSA) is 71.5 Å². The van der Waals surface area contributed by atoms with E-state index in [9.17, 15) is 9.59 Å². The maximum Gasteiger partial charge on any atom is 0.226 e. The quantitative estimate of drug-likeness (QED) is 0.551. The number of rotatable bonds is 5. The first-order valence-electron chi connectivity index (χ1n) is 10.0. The molecule has 1 N–H and O–H groups in total. The second kappa shape index (κ2) is 9.31. The van der Waals surface area contributed by atoms with Crippen LogP contribution in [0.5, 0.6) is 11.6 Å². The number of ether oxygens (including phenoxy) is 1. The van der Waals surface area contributed by atoms with Crippen molar-refractivity contribution in [3.05, 3.63) is 82.5 Å². The van der Waals surface area contributed by atoms with Gasteiger partial charge in [-0.3, -0.25) is 9.59 Å². The number of halogens is 1. The van der Waals surface area contributed by atoms with Crippen molar-refractivity contribution in [2.24, 2.45) is 0 Å². The van der Waals surface area contributed by atoms with Gasteiger partial charge >= 0.3 is 0 Å². The maximum absolute atomic E-state index is 12.8. The van der Waals surface area contributed by atoms with Gasteiger partial charge in [-0.15, -0.1) is 0 Å². The Labute approximate surface area is 189 Å². The summed E-state index contributed by atoms with van der Waals surface area (Å²) in [5.74, 6) is 0.900. The third-order valence-electron chi connectivity index (χ3n) is 5.23. The van der Waals surface area contributed by atoms with Crippen LogP contribution in [0.15, 0.2) is 71.3 Å². The smallest absolute Gasteiger partial charge is 0.226 e. The first kappa shape index (κ1) is 21.1. The van der Waals surface area contributed by atoms with E-state index in [0.717, 1.165) is 16.5 Å². The van der Waals surface area contributed by atoms with E-state index < -0.39 is 0 Å². The SMILES string of the molecule is CC(=O)N1CCc2ccccc2C1CC(=O)Nc1ccc(Oc2cccc(Br)c2)nc1. The summed E-state index contributed by atoms with van der Waals surface area (Å²) in [5, 5.41) is 2.88. The van der Waals surface area contributed by atoms with Gasteiger partial charge in [-0.05, 0) is 41.8 Å². The van der Waals surface area contributed by atoms with Gasteiger partial charge in [0.1, 0.15) is 5.75 Å². The molecule has 1 aliphatic heterocycles. The number of benzene rings is 2. The molecular formula is C24H22BrN3O3. The number of carbonyl (C=O) groups excluding carboxylic acids is 2. The van der Waals surface area contributed by atoms with Crippen LogP contribution in [0.1, 0.15) is 30.5 Å². The van der Waals surface area contributed by atoms with Crippen molar-refractivity contribution in [2.75, 3.05) is 11.9 Å². The average Bonchev–Trinajstić information content (AvgIpc) is 2.75. The zero-order chi connectivity index (χ0) is 21.8. The number of hydrogen-bond acceptors (Lipinski definition) is 4. The Hall–Kier alpha value is -3.19. The Morgan fingerprint density at radius 1 is 1.16 bits per heavy atom. The van der Waals surface area contributed by atoms with Crippen molar-refractivity contribution in [2.45, 2.75) is 25.8 Å². The minimum absolute atomic E-state index is 0.0250. The summed E-state index contributed by atoms with van der Waals surface area (Å²) in [6.45, 7) is 2.17. The van der Waals surface area contributed by atoms with E-state index in [1.165, 1.54) is 5.56 Å². The van der Waals surface area contributed by atoms with E-state index in [2.05, 4.69) is 32.3 Å². The van der Waals surface area contributed by atoms with Gasteiger partial charge in [0.2, 0.25) is 17.7 Å². The van der Waals surface area contributed by atoms with Crippen LogP contribution in [0, 0.1) is 0 Å². The molecular weight excluding hydrogens is 458 g/mol. The fourth-order valence-electron chi connectivity index (χ4n) is 3.80. The monoisotopic (exact) mass is 479 g/mol. The van der Waals surface area contributed by atoms with Crippen LogP contribution in [0.2, 0.25) is 0 Å². The number of pyridine rings is 1. The molecule has 0 saturated heterocycles. The van der Waals surface area contributed by atoms with Crippen molar-refractivity contribution in [3.8, 4) is 11.6 Å². The van der Waals surface area contributed by atoms with Crippen LogP contribution in [0.25, 0.3) is 0 Å². The molecule has 3 aromatic rings. The molecule has 1 aromatic heterocycles. The van der Waals surface area contributed by atoms with Gasteiger partial charge in [0.25, 0.3) is 0 Å². The number of amides is 2. The van der Waals surface area contributed by atoms with Crippen molar-refractivity contribution in [3.63, 3.8) is 0 Å². The van der Waals surface area contributed by atoms with E-state index in [1.54, 1.807) is 30.2 Å². The van der Waals surface area contributed by atoms with Gasteiger partial charge in [-0.25, -0.2) is 4.98 Å². The van der Waals surface area contributed by atoms with Crippen molar-refractivity contribution in [1.29, 1.82) is 0 Å². The number of nitrogens with one attached hydrogen (secondary N) is 1. The maximum atomic E-state index is 12.8. The minimum atomic E-state index is -0.269. The highest BCUT2D eigenvalue weighted by Gasteiger charge is 2.30. The third-order valence-corrected chi connectivity index (χ3v) is 5.73. The standard InChI is InChI=1S/C24H22BrN3O3/c1-16(29)28-12-11-17-5-2-3-8-21(17)22(28)14-23(30)27-19-9-10-24(26-15-19)31-20-7-4-6-18(25)13-20/h2-10,13,15,22H,11-12,14H2,1H3,(H,27,30). The van der Waals surface area contributed by atoms with Gasteiger partial charge < -0.3 is 15.0 Å². The Morgan fingerprint density at radius 2 is 2.00 bits per heavy atom. The highest BCUT2D eigenvalue weighted by atomic mass is 79.9. The summed E-state index contributed by atoms with van der Waals surface area (Å²) in [7, 11) is 0. The fraction of sp³-hybridized carbons (Fsp3) is 0.208. The molecule has 7 heteroatoms. The molecule has 0 aliphatic carbocycles. The lowest BCUT2D eigenvalue weighted by molar-refractivity contribution is -0.132. The molecule has 0 fully saturated rings. The Balaban J connectivity index is 1.43. The highest BCUT2D eigenvalue weighted by Crippen LogP contribution is 2.32. The Kier molecular flexibility index (Phi) is 6.32. The second-order valence-electron chi connectivity index (χ2n) is 7.37. The molecule has 4 rings (SSSR count). The fourth-order valence-corrected chi connectivity index (χ4v) is 4.18. The van der Waals surface area contributed by atoms with Gasteiger partial charge in [-0.1, -0.05) is 46.3 Å². The number of aromatic nitrogens is 1. The lowest BCUT2D eigenvalue weighted by Gasteiger charge is -2.36. The molecule has 1 unspecified atom stereocenters. The molecule has 0 saturated carbocycles. The van der Waals surface area contributed by atoms with Gasteiger partial charge in [0.15, 0.2) is 0 Å². The van der Waals surface area contributed by atoms with Crippen LogP contribution < -0.4 is 10.1 Å². The summed E-state index contributed by atoms with van der Waals surface area (Å²) >= 11 is 3.41. The predicted molar refractivity (Wildman–Crippen MR) is 122 cm³/mol. The van der Waals surface area contributed by atoms with Gasteiger partial charge in [0.05, 0.1) is 24.3 Å². The highest BCUT2D eigenvalue weighted by molar-refractivity contribution is 9.10. The first-order valence-corrected chi connectivity index (χ1v) is 10.8. The third kappa shape index (κ3) is 5.11. The summed E-state index contributed by atoms with van der Waals surface area (Å²) in [5.41, 5.74) is 2.80. The lowest BCUT2D eigenvalue weighted by atomic mass is 9.90. The number of nitrogens with zero attached hydrogens (tertiary/aromatic N) is 2. The van der Waals surface area contributed by atoms with Crippen LogP contribution >= 0.6 is 15.9 Å². The Morgan fingerprint density at radius 3 is 2.74 bits per heavy atom. The number of hydrogen-bond donors (Lipinski definition) is 1. The van der Waals surface area contributed by atoms with Gasteiger partial charge in [-0.2, -0.15) is 0 Å². The molecule has 2 aromatic carbocycles. The van der Waals surface area contributed by atoms with Crippen LogP contribution in [0.4, 0.5) is 5.69 Å². The zero-order valence-electron chi connectivity index (χ0n) is 17.0. The van der Waals surface area contributed by atoms with Crippen LogP contribution in [-0.2, 0) is 16.0 Å². The van der Waals surface area contributed by atoms with E-state index in [-0.39, 0.29) is 24.3 Å².